The van der Waals surface area contributed by atoms with Gasteiger partial charge in [0.15, 0.2) is 5.75 Å². The maximum absolute atomic E-state index is 11.3. The predicted molar refractivity (Wildman–Crippen MR) is 146 cm³/mol. The Balaban J connectivity index is 0.000000371. The predicted octanol–water partition coefficient (Wildman–Crippen LogP) is 5.13. The van der Waals surface area contributed by atoms with Crippen LogP contribution in [0.2, 0.25) is 0 Å². The van der Waals surface area contributed by atoms with Crippen molar-refractivity contribution in [2.45, 2.75) is 85.0 Å². The van der Waals surface area contributed by atoms with Crippen LogP contribution in [-0.4, -0.2) is 34.0 Å². The van der Waals surface area contributed by atoms with Gasteiger partial charge in [-0.1, -0.05) is 30.3 Å². The van der Waals surface area contributed by atoms with Crippen LogP contribution in [0, 0.1) is 3.70 Å². The molecule has 2 rings (SSSR count). The number of esters is 2. The van der Waals surface area contributed by atoms with E-state index in [-0.39, 0.29) is 30.7 Å². The summed E-state index contributed by atoms with van der Waals surface area (Å²) in [5.41, 5.74) is 6.07. The molecule has 1 aromatic heterocycles. The molecule has 0 unspecified atom stereocenters. The molecule has 9 heteroatoms. The van der Waals surface area contributed by atoms with Crippen molar-refractivity contribution in [1.82, 2.24) is 4.98 Å². The molecule has 198 valence electrons. The number of ether oxygens (including phenoxy) is 3. The summed E-state index contributed by atoms with van der Waals surface area (Å²) in [6.07, 6.45) is 0.996. The van der Waals surface area contributed by atoms with Crippen molar-refractivity contribution in [2.75, 3.05) is 0 Å². The molecule has 36 heavy (non-hydrogen) atoms. The fourth-order valence-corrected chi connectivity index (χ4v) is 3.33. The Kier molecular flexibility index (Phi) is 12.9. The molecule has 8 nitrogen and oxygen atoms in total. The number of halogens is 1. The van der Waals surface area contributed by atoms with Crippen LogP contribution in [0.15, 0.2) is 42.5 Å². The van der Waals surface area contributed by atoms with Crippen molar-refractivity contribution in [1.29, 1.82) is 0 Å². The summed E-state index contributed by atoms with van der Waals surface area (Å²) < 4.78 is 16.7. The van der Waals surface area contributed by atoms with Gasteiger partial charge in [-0.3, -0.25) is 14.4 Å². The Morgan fingerprint density at radius 3 is 1.81 bits per heavy atom. The van der Waals surface area contributed by atoms with E-state index in [9.17, 15) is 14.4 Å². The minimum absolute atomic E-state index is 0.0617. The van der Waals surface area contributed by atoms with E-state index in [1.165, 1.54) is 0 Å². The van der Waals surface area contributed by atoms with Gasteiger partial charge in [-0.15, -0.1) is 0 Å². The lowest BCUT2D eigenvalue weighted by Gasteiger charge is -2.21. The maximum atomic E-state index is 11.3. The number of carbonyl (C=O) groups is 3. The van der Waals surface area contributed by atoms with E-state index in [0.717, 1.165) is 20.7 Å². The number of primary amides is 1. The number of rotatable bonds is 9. The number of aryl methyl sites for hydroxylation is 1. The van der Waals surface area contributed by atoms with Gasteiger partial charge >= 0.3 is 11.9 Å². The topological polar surface area (TPSA) is 118 Å². The van der Waals surface area contributed by atoms with Gasteiger partial charge in [0.2, 0.25) is 5.91 Å². The molecule has 0 spiro atoms. The number of nitrogens with zero attached hydrogens (tertiary/aromatic N) is 1. The smallest absolute Gasteiger partial charge is 0.306 e. The molecule has 0 radical (unpaired) electrons. The summed E-state index contributed by atoms with van der Waals surface area (Å²) in [4.78, 5) is 37.8. The molecule has 1 heterocycles. The van der Waals surface area contributed by atoms with Gasteiger partial charge in [-0.05, 0) is 88.3 Å². The first-order valence-corrected chi connectivity index (χ1v) is 12.8. The molecule has 0 saturated carbocycles. The second-order valence-corrected chi connectivity index (χ2v) is 11.0. The fourth-order valence-electron chi connectivity index (χ4n) is 2.68. The summed E-state index contributed by atoms with van der Waals surface area (Å²) in [6.45, 7) is 11.3. The first kappa shape index (κ1) is 31.3. The van der Waals surface area contributed by atoms with Crippen LogP contribution in [0.5, 0.6) is 5.75 Å². The number of carbonyl (C=O) groups excluding carboxylic acids is 3. The number of nitrogens with two attached hydrogens (primary N) is 1. The summed E-state index contributed by atoms with van der Waals surface area (Å²) in [5, 5.41) is 0. The molecule has 0 bridgehead atoms. The standard InChI is InChI=1S/C15H15IN2O2.C12H22O4/c16-15-13(20-10-11-4-2-1-3-5-11)8-6-12(18-15)7-9-14(17)19;1-11(2,3)15-9(13)7-8-10(14)16-12(4,5)6/h1-6,8H,7,9-10H2,(H2,17,19);7-8H2,1-6H3. The molecule has 1 aromatic carbocycles. The Hall–Kier alpha value is -2.69. The molecule has 2 N–H and O–H groups in total. The summed E-state index contributed by atoms with van der Waals surface area (Å²) in [5.74, 6) is -0.319. The zero-order chi connectivity index (χ0) is 27.4. The van der Waals surface area contributed by atoms with Crippen molar-refractivity contribution >= 4 is 40.4 Å². The number of hydrogen-bond acceptors (Lipinski definition) is 7. The molecule has 0 fully saturated rings. The van der Waals surface area contributed by atoms with Crippen LogP contribution >= 0.6 is 22.6 Å². The van der Waals surface area contributed by atoms with Gasteiger partial charge in [0.1, 0.15) is 21.5 Å². The Morgan fingerprint density at radius 1 is 0.833 bits per heavy atom. The summed E-state index contributed by atoms with van der Waals surface area (Å²) in [6, 6.07) is 13.7. The Bertz CT molecular complexity index is 970. The van der Waals surface area contributed by atoms with E-state index in [2.05, 4.69) is 27.6 Å². The van der Waals surface area contributed by atoms with Crippen molar-refractivity contribution in [3.8, 4) is 5.75 Å². The second kappa shape index (κ2) is 14.8. The maximum Gasteiger partial charge on any atom is 0.306 e. The van der Waals surface area contributed by atoms with Crippen molar-refractivity contribution in [2.24, 2.45) is 5.73 Å². The minimum Gasteiger partial charge on any atom is -0.486 e. The number of benzene rings is 1. The van der Waals surface area contributed by atoms with E-state index in [1.54, 1.807) is 41.5 Å². The quantitative estimate of drug-likeness (QED) is 0.237. The van der Waals surface area contributed by atoms with Crippen LogP contribution in [0.3, 0.4) is 0 Å². The fraction of sp³-hybridized carbons (Fsp3) is 0.481. The average molecular weight is 613 g/mol. The third kappa shape index (κ3) is 15.3. The van der Waals surface area contributed by atoms with Gasteiger partial charge in [0.05, 0.1) is 12.8 Å². The van der Waals surface area contributed by atoms with E-state index >= 15 is 0 Å². The Morgan fingerprint density at radius 2 is 1.36 bits per heavy atom. The third-order valence-electron chi connectivity index (χ3n) is 4.11. The zero-order valence-corrected chi connectivity index (χ0v) is 24.1. The van der Waals surface area contributed by atoms with Gasteiger partial charge in [0, 0.05) is 12.1 Å². The second-order valence-electron chi connectivity index (χ2n) is 10.0. The lowest BCUT2D eigenvalue weighted by atomic mass is 10.2. The molecule has 0 atom stereocenters. The highest BCUT2D eigenvalue weighted by Gasteiger charge is 2.20. The van der Waals surface area contributed by atoms with Gasteiger partial charge < -0.3 is 19.9 Å². The molecular weight excluding hydrogens is 575 g/mol. The third-order valence-corrected chi connectivity index (χ3v) is 4.88. The van der Waals surface area contributed by atoms with E-state index in [0.29, 0.717) is 19.4 Å². The van der Waals surface area contributed by atoms with Gasteiger partial charge in [-0.25, -0.2) is 4.98 Å². The van der Waals surface area contributed by atoms with E-state index < -0.39 is 11.2 Å². The van der Waals surface area contributed by atoms with Gasteiger partial charge in [-0.2, -0.15) is 0 Å². The largest absolute Gasteiger partial charge is 0.486 e. The highest BCUT2D eigenvalue weighted by Crippen LogP contribution is 2.21. The lowest BCUT2D eigenvalue weighted by molar-refractivity contribution is -0.162. The highest BCUT2D eigenvalue weighted by molar-refractivity contribution is 14.1. The summed E-state index contributed by atoms with van der Waals surface area (Å²) in [7, 11) is 0. The monoisotopic (exact) mass is 612 g/mol. The average Bonchev–Trinajstić information content (AvgIpc) is 2.74. The number of pyridine rings is 1. The lowest BCUT2D eigenvalue weighted by Crippen LogP contribution is -2.26. The molecule has 1 amide bonds. The minimum atomic E-state index is -0.509. The highest BCUT2D eigenvalue weighted by atomic mass is 127. The molecule has 0 aliphatic heterocycles. The number of amides is 1. The molecule has 0 aliphatic rings. The zero-order valence-electron chi connectivity index (χ0n) is 21.9. The molecular formula is C27H37IN2O6. The van der Waals surface area contributed by atoms with Crippen LogP contribution in [0.4, 0.5) is 0 Å². The van der Waals surface area contributed by atoms with Crippen LogP contribution < -0.4 is 10.5 Å². The summed E-state index contributed by atoms with van der Waals surface area (Å²) >= 11 is 2.13. The van der Waals surface area contributed by atoms with Gasteiger partial charge in [0.25, 0.3) is 0 Å². The first-order chi connectivity index (χ1) is 16.6. The van der Waals surface area contributed by atoms with Crippen LogP contribution in [-0.2, 0) is 36.9 Å². The van der Waals surface area contributed by atoms with Crippen molar-refractivity contribution in [3.05, 3.63) is 57.4 Å². The number of aromatic nitrogens is 1. The number of hydrogen-bond donors (Lipinski definition) is 1. The van der Waals surface area contributed by atoms with E-state index in [4.69, 9.17) is 19.9 Å². The molecule has 0 saturated heterocycles. The first-order valence-electron chi connectivity index (χ1n) is 11.7. The SMILES string of the molecule is CC(C)(C)OC(=O)CCC(=O)OC(C)(C)C.NC(=O)CCc1ccc(OCc2ccccc2)c(I)n1. The van der Waals surface area contributed by atoms with Crippen LogP contribution in [0.25, 0.3) is 0 Å². The van der Waals surface area contributed by atoms with Crippen molar-refractivity contribution < 1.29 is 28.6 Å². The van der Waals surface area contributed by atoms with E-state index in [1.807, 2.05) is 42.5 Å². The normalized spacial score (nSPS) is 11.1. The van der Waals surface area contributed by atoms with Crippen LogP contribution in [0.1, 0.15) is 72.1 Å². The molecule has 0 aliphatic carbocycles. The van der Waals surface area contributed by atoms with Crippen molar-refractivity contribution in [3.63, 3.8) is 0 Å². The Labute approximate surface area is 227 Å². The molecule has 2 aromatic rings.